The lowest BCUT2D eigenvalue weighted by Crippen LogP contribution is -2.34. The van der Waals surface area contributed by atoms with Gasteiger partial charge >= 0.3 is 0 Å². The number of nitrogens with one attached hydrogen (secondary N) is 2. The molecule has 0 unspecified atom stereocenters. The van der Waals surface area contributed by atoms with Crippen molar-refractivity contribution in [3.63, 3.8) is 0 Å². The van der Waals surface area contributed by atoms with Crippen molar-refractivity contribution in [2.75, 3.05) is 243 Å². The molecule has 0 saturated heterocycles. The predicted octanol–water partition coefficient (Wildman–Crippen LogP) is 13.6. The van der Waals surface area contributed by atoms with Gasteiger partial charge in [-0.05, 0) is 121 Å². The highest BCUT2D eigenvalue weighted by Gasteiger charge is 2.26. The van der Waals surface area contributed by atoms with Gasteiger partial charge in [0.05, 0.1) is 190 Å². The summed E-state index contributed by atoms with van der Waals surface area (Å²) < 4.78 is 99.5. The smallest absolute Gasteiger partial charge is 0.164 e. The Labute approximate surface area is 701 Å². The molecular formula is C92H114N12O16+4. The van der Waals surface area contributed by atoms with E-state index in [4.69, 9.17) is 106 Å². The van der Waals surface area contributed by atoms with E-state index in [-0.39, 0.29) is 26.4 Å². The van der Waals surface area contributed by atoms with Gasteiger partial charge in [0.15, 0.2) is 23.3 Å². The second kappa shape index (κ2) is 41.3. The summed E-state index contributed by atoms with van der Waals surface area (Å²) in [5.74, 6) is 7.10. The molecule has 0 saturated carbocycles. The molecule has 11 aromatic rings. The van der Waals surface area contributed by atoms with Gasteiger partial charge in [0, 0.05) is 68.1 Å². The first-order valence-electron chi connectivity index (χ1n) is 40.7. The standard InChI is InChI=1S/C92H114N12O16/c1-101(2,3)65-17-13-21-69(57-65)113-49-41-105-33-37-109-45-53-117-73-25-29-77-81(61-73)89-93-85(77)98-90-83-63-75(119-55-47-111-39-35-107-43-51-115-71-23-15-19-67(59-71)103(7,8)9)27-31-79(83)87(95-90)100-92-84-64-76(120-56-48-112-40-36-108-44-52-116-72-24-16-20-68(60-72)104(10,11)12)28-32-80(84)88(96-92)99-91-82-62-74(26-30-78(82)86(94-91)97-89)118-54-46-110-38-34-106-42-50-114-70-22-14-18-66(58-70)102(4,5)6/h13-32,57-64H,33-56H2,1-12H3,(H2,93,94,95,96,97,98,99,100)/q+4. The minimum Gasteiger partial charge on any atom is -0.491 e. The molecule has 28 nitrogen and oxygen atoms in total. The van der Waals surface area contributed by atoms with E-state index in [1.165, 1.54) is 0 Å². The van der Waals surface area contributed by atoms with Crippen molar-refractivity contribution >= 4 is 66.9 Å². The van der Waals surface area contributed by atoms with Crippen LogP contribution in [0.2, 0.25) is 0 Å². The van der Waals surface area contributed by atoms with Gasteiger partial charge < -0.3 is 85.8 Å². The summed E-state index contributed by atoms with van der Waals surface area (Å²) >= 11 is 0. The summed E-state index contributed by atoms with van der Waals surface area (Å²) in [6.45, 7) is 8.82. The molecule has 634 valence electrons. The molecule has 0 fully saturated rings. The van der Waals surface area contributed by atoms with Crippen LogP contribution in [0.15, 0.2) is 170 Å². The number of quaternary nitrogens is 4. The fraction of sp³-hybridized carbons (Fsp3) is 0.391. The van der Waals surface area contributed by atoms with E-state index in [0.29, 0.717) is 252 Å². The van der Waals surface area contributed by atoms with Crippen LogP contribution in [0.25, 0.3) is 89.7 Å². The number of nitrogens with zero attached hydrogens (tertiary/aromatic N) is 10. The molecule has 2 N–H and O–H groups in total. The number of aromatic nitrogens is 8. The highest BCUT2D eigenvalue weighted by atomic mass is 16.6. The second-order valence-electron chi connectivity index (χ2n) is 32.2. The Kier molecular flexibility index (Phi) is 29.9. The van der Waals surface area contributed by atoms with E-state index in [1.807, 2.05) is 121 Å². The van der Waals surface area contributed by atoms with Crippen molar-refractivity contribution in [1.29, 1.82) is 0 Å². The van der Waals surface area contributed by atoms with Crippen LogP contribution in [0.4, 0.5) is 22.7 Å². The van der Waals surface area contributed by atoms with Crippen LogP contribution in [0.5, 0.6) is 46.0 Å². The Morgan fingerprint density at radius 3 is 0.658 bits per heavy atom. The number of rotatable bonds is 48. The summed E-state index contributed by atoms with van der Waals surface area (Å²) in [5, 5.41) is 2.91. The Balaban J connectivity index is 0.737. The molecule has 2 aliphatic rings. The molecule has 28 heteroatoms. The Hall–Kier alpha value is -11.0. The highest BCUT2D eigenvalue weighted by molar-refractivity contribution is 6.07. The van der Waals surface area contributed by atoms with Crippen LogP contribution in [0, 0.1) is 0 Å². The van der Waals surface area contributed by atoms with E-state index in [1.54, 1.807) is 0 Å². The molecule has 120 heavy (non-hydrogen) atoms. The first kappa shape index (κ1) is 86.9. The van der Waals surface area contributed by atoms with Gasteiger partial charge in [-0.25, -0.2) is 29.9 Å². The van der Waals surface area contributed by atoms with Crippen molar-refractivity contribution in [1.82, 2.24) is 57.8 Å². The van der Waals surface area contributed by atoms with Crippen molar-refractivity contribution in [2.24, 2.45) is 0 Å². The lowest BCUT2D eigenvalue weighted by atomic mass is 10.1. The van der Waals surface area contributed by atoms with Crippen LogP contribution in [-0.4, -0.2) is 283 Å². The van der Waals surface area contributed by atoms with Gasteiger partial charge in [-0.1, -0.05) is 24.3 Å². The van der Waals surface area contributed by atoms with Crippen molar-refractivity contribution in [2.45, 2.75) is 0 Å². The molecule has 8 aromatic carbocycles. The molecule has 0 radical (unpaired) electrons. The fourth-order valence-corrected chi connectivity index (χ4v) is 13.1. The van der Waals surface area contributed by atoms with Crippen LogP contribution < -0.4 is 55.8 Å². The third-order valence-corrected chi connectivity index (χ3v) is 19.5. The lowest BCUT2D eigenvalue weighted by molar-refractivity contribution is 0.0273. The summed E-state index contributed by atoms with van der Waals surface area (Å²) in [5.41, 5.74) is 9.28. The monoisotopic (exact) mass is 1640 g/mol. The molecule has 0 amide bonds. The number of aromatic amines is 2. The maximum Gasteiger partial charge on any atom is 0.164 e. The Morgan fingerprint density at radius 2 is 0.408 bits per heavy atom. The maximum absolute atomic E-state index is 6.39. The normalized spacial score (nSPS) is 12.2. The van der Waals surface area contributed by atoms with Gasteiger partial charge in [0.2, 0.25) is 0 Å². The van der Waals surface area contributed by atoms with Crippen molar-refractivity contribution in [3.05, 3.63) is 170 Å². The maximum atomic E-state index is 6.39. The molecule has 0 atom stereocenters. The van der Waals surface area contributed by atoms with Crippen LogP contribution in [0.1, 0.15) is 0 Å². The number of H-pyrrole nitrogens is 2. The zero-order chi connectivity index (χ0) is 83.9. The molecule has 2 aliphatic heterocycles. The van der Waals surface area contributed by atoms with Gasteiger partial charge in [-0.3, -0.25) is 17.9 Å². The van der Waals surface area contributed by atoms with E-state index in [0.717, 1.165) is 56.5 Å². The molecule has 0 aliphatic carbocycles. The lowest BCUT2D eigenvalue weighted by Gasteiger charge is -2.23. The third-order valence-electron chi connectivity index (χ3n) is 19.5. The number of benzene rings is 8. The van der Waals surface area contributed by atoms with Gasteiger partial charge in [-0.2, -0.15) is 0 Å². The summed E-state index contributed by atoms with van der Waals surface area (Å²) in [7, 11) is 25.5. The number of hydrogen-bond acceptors (Lipinski definition) is 22. The van der Waals surface area contributed by atoms with Crippen LogP contribution in [-0.2, 0) is 37.9 Å². The topological polar surface area (TPSA) is 257 Å². The summed E-state index contributed by atoms with van der Waals surface area (Å²) in [4.78, 5) is 39.0. The van der Waals surface area contributed by atoms with E-state index < -0.39 is 0 Å². The quantitative estimate of drug-likeness (QED) is 0.0265. The molecule has 8 bridgehead atoms. The third kappa shape index (κ3) is 24.6. The predicted molar refractivity (Wildman–Crippen MR) is 471 cm³/mol. The largest absolute Gasteiger partial charge is 0.491 e. The van der Waals surface area contributed by atoms with Gasteiger partial charge in [0.1, 0.15) is 144 Å². The van der Waals surface area contributed by atoms with E-state index in [9.17, 15) is 0 Å². The zero-order valence-corrected chi connectivity index (χ0v) is 71.1. The molecule has 0 spiro atoms. The van der Waals surface area contributed by atoms with E-state index in [2.05, 4.69) is 143 Å². The van der Waals surface area contributed by atoms with Crippen molar-refractivity contribution < 1.29 is 75.8 Å². The van der Waals surface area contributed by atoms with Crippen LogP contribution in [0.3, 0.4) is 0 Å². The van der Waals surface area contributed by atoms with Gasteiger partial charge in [0.25, 0.3) is 0 Å². The highest BCUT2D eigenvalue weighted by Crippen LogP contribution is 2.41. The number of fused-ring (bicyclic) bond motifs is 20. The van der Waals surface area contributed by atoms with E-state index >= 15 is 0 Å². The molecule has 3 aromatic heterocycles. The van der Waals surface area contributed by atoms with Gasteiger partial charge in [-0.15, -0.1) is 0 Å². The number of ether oxygens (including phenoxy) is 16. The Bertz CT molecular complexity index is 5060. The fourth-order valence-electron chi connectivity index (χ4n) is 13.1. The first-order chi connectivity index (χ1) is 58.0. The summed E-state index contributed by atoms with van der Waals surface area (Å²) in [6.07, 6.45) is 0. The second-order valence-corrected chi connectivity index (χ2v) is 32.2. The zero-order valence-electron chi connectivity index (χ0n) is 71.1. The average molecular weight is 1640 g/mol. The first-order valence-corrected chi connectivity index (χ1v) is 40.7. The molecular weight excluding hydrogens is 1530 g/mol. The molecule has 5 heterocycles. The Morgan fingerprint density at radius 1 is 0.200 bits per heavy atom. The van der Waals surface area contributed by atoms with Crippen LogP contribution >= 0.6 is 0 Å². The average Bonchev–Trinajstić information content (AvgIpc) is 1.60. The minimum atomic E-state index is 0.268. The SMILES string of the molecule is C[N+](C)(C)c1cccc(OCCOCCOCCOc2ccc3c(c2)-c2nc-3nc3[nH]c(nc4nc(nc5[nH]c(n2)c2ccc(OCCOCCOCCOc6cccc([N+](C)(C)C)c6)cc52)-c2ccc(OCCOCCOCCOc5cccc([N+](C)(C)C)c5)cc2-4)c2ccc(OCCOCCOCCOc4cccc([N+](C)(C)C)c4)cc32)c1. The number of hydrogen-bond donors (Lipinski definition) is 2. The summed E-state index contributed by atoms with van der Waals surface area (Å²) in [6, 6.07) is 55.6. The molecule has 13 rings (SSSR count). The van der Waals surface area contributed by atoms with Crippen molar-refractivity contribution in [3.8, 4) is 91.5 Å². The minimum absolute atomic E-state index is 0.268.